The molecule has 1 amide bonds. The van der Waals surface area contributed by atoms with Crippen molar-refractivity contribution in [3.63, 3.8) is 0 Å². The minimum Gasteiger partial charge on any atom is -0.376 e. The zero-order valence-corrected chi connectivity index (χ0v) is 17.9. The van der Waals surface area contributed by atoms with Crippen LogP contribution in [0.5, 0.6) is 0 Å². The molecule has 1 aromatic rings. The summed E-state index contributed by atoms with van der Waals surface area (Å²) in [5, 5.41) is 6.32. The lowest BCUT2D eigenvalue weighted by atomic mass is 9.90. The standard InChI is InChI=1S/C21H31F3N4O2/c1-14(17-9-5-6-10-18(17)21(22,23)24)15(2)27-20(26-13-19(29)28(3)4)25-12-16-8-7-11-30-16/h5-6,9-10,14-16H,7-8,11-13H2,1-4H3,(H2,25,26,27). The number of halogens is 3. The van der Waals surface area contributed by atoms with E-state index in [2.05, 4.69) is 15.6 Å². The van der Waals surface area contributed by atoms with Crippen molar-refractivity contribution >= 4 is 11.9 Å². The number of nitrogens with one attached hydrogen (secondary N) is 2. The van der Waals surface area contributed by atoms with E-state index in [4.69, 9.17) is 4.74 Å². The highest BCUT2D eigenvalue weighted by molar-refractivity contribution is 5.85. The molecule has 0 spiro atoms. The fourth-order valence-electron chi connectivity index (χ4n) is 3.22. The highest BCUT2D eigenvalue weighted by Gasteiger charge is 2.35. The monoisotopic (exact) mass is 428 g/mol. The van der Waals surface area contributed by atoms with Gasteiger partial charge in [0, 0.05) is 39.2 Å². The first-order valence-corrected chi connectivity index (χ1v) is 10.1. The van der Waals surface area contributed by atoms with E-state index in [1.54, 1.807) is 34.0 Å². The Hall–Kier alpha value is -2.29. The summed E-state index contributed by atoms with van der Waals surface area (Å²) in [6.07, 6.45) is -2.44. The molecule has 168 valence electrons. The summed E-state index contributed by atoms with van der Waals surface area (Å²) in [4.78, 5) is 17.7. The van der Waals surface area contributed by atoms with Gasteiger partial charge in [0.15, 0.2) is 5.96 Å². The Balaban J connectivity index is 2.12. The molecule has 1 aliphatic rings. The van der Waals surface area contributed by atoms with E-state index in [1.807, 2.05) is 0 Å². The molecular formula is C21H31F3N4O2. The van der Waals surface area contributed by atoms with Crippen molar-refractivity contribution in [3.8, 4) is 0 Å². The summed E-state index contributed by atoms with van der Waals surface area (Å²) < 4.78 is 45.8. The number of likely N-dealkylation sites (N-methyl/N-ethyl adjacent to an activating group) is 1. The second-order valence-corrected chi connectivity index (χ2v) is 7.78. The third-order valence-electron chi connectivity index (χ3n) is 5.26. The number of guanidine groups is 1. The summed E-state index contributed by atoms with van der Waals surface area (Å²) in [6, 6.07) is 5.23. The highest BCUT2D eigenvalue weighted by Crippen LogP contribution is 2.35. The Morgan fingerprint density at radius 3 is 2.60 bits per heavy atom. The second kappa shape index (κ2) is 10.7. The van der Waals surface area contributed by atoms with E-state index in [-0.39, 0.29) is 30.2 Å². The Morgan fingerprint density at radius 2 is 2.00 bits per heavy atom. The second-order valence-electron chi connectivity index (χ2n) is 7.78. The summed E-state index contributed by atoms with van der Waals surface area (Å²) >= 11 is 0. The first-order valence-electron chi connectivity index (χ1n) is 10.1. The minimum absolute atomic E-state index is 0.0558. The lowest BCUT2D eigenvalue weighted by Gasteiger charge is -2.27. The molecule has 1 heterocycles. The summed E-state index contributed by atoms with van der Waals surface area (Å²) in [7, 11) is 3.28. The van der Waals surface area contributed by atoms with Crippen LogP contribution in [-0.2, 0) is 15.7 Å². The van der Waals surface area contributed by atoms with E-state index >= 15 is 0 Å². The fourth-order valence-corrected chi connectivity index (χ4v) is 3.22. The largest absolute Gasteiger partial charge is 0.416 e. The van der Waals surface area contributed by atoms with Gasteiger partial charge >= 0.3 is 6.18 Å². The number of nitrogens with zero attached hydrogens (tertiary/aromatic N) is 2. The van der Waals surface area contributed by atoms with Gasteiger partial charge in [0.05, 0.1) is 11.7 Å². The third-order valence-corrected chi connectivity index (χ3v) is 5.26. The van der Waals surface area contributed by atoms with Crippen molar-refractivity contribution in [2.24, 2.45) is 4.99 Å². The van der Waals surface area contributed by atoms with Gasteiger partial charge in [-0.1, -0.05) is 25.1 Å². The average molecular weight is 428 g/mol. The highest BCUT2D eigenvalue weighted by atomic mass is 19.4. The quantitative estimate of drug-likeness (QED) is 0.518. The third kappa shape index (κ3) is 6.90. The average Bonchev–Trinajstić information content (AvgIpc) is 3.21. The number of rotatable bonds is 7. The van der Waals surface area contributed by atoms with Crippen LogP contribution in [0.4, 0.5) is 13.2 Å². The van der Waals surface area contributed by atoms with Crippen molar-refractivity contribution in [2.45, 2.75) is 50.9 Å². The molecule has 1 saturated heterocycles. The first kappa shape index (κ1) is 24.0. The predicted molar refractivity (Wildman–Crippen MR) is 110 cm³/mol. The molecule has 0 aromatic heterocycles. The van der Waals surface area contributed by atoms with E-state index in [0.717, 1.165) is 18.9 Å². The number of hydrogen-bond donors (Lipinski definition) is 2. The predicted octanol–water partition coefficient (Wildman–Crippen LogP) is 3.00. The molecular weight excluding hydrogens is 397 g/mol. The van der Waals surface area contributed by atoms with Gasteiger partial charge in [-0.2, -0.15) is 13.2 Å². The number of benzene rings is 1. The van der Waals surface area contributed by atoms with Crippen molar-refractivity contribution in [1.82, 2.24) is 15.5 Å². The molecule has 0 aliphatic carbocycles. The molecule has 1 aliphatic heterocycles. The van der Waals surface area contributed by atoms with Gasteiger partial charge in [-0.05, 0) is 31.4 Å². The number of ether oxygens (including phenoxy) is 1. The molecule has 1 aromatic carbocycles. The Labute approximate surface area is 175 Å². The maximum atomic E-state index is 13.4. The van der Waals surface area contributed by atoms with E-state index in [0.29, 0.717) is 19.1 Å². The van der Waals surface area contributed by atoms with Crippen LogP contribution in [0.25, 0.3) is 0 Å². The van der Waals surface area contributed by atoms with Gasteiger partial charge in [0.2, 0.25) is 5.91 Å². The summed E-state index contributed by atoms with van der Waals surface area (Å²) in [6.45, 7) is 4.71. The first-order chi connectivity index (χ1) is 14.1. The Morgan fingerprint density at radius 1 is 1.30 bits per heavy atom. The number of carbonyl (C=O) groups excluding carboxylic acids is 1. The molecule has 3 unspecified atom stereocenters. The van der Waals surface area contributed by atoms with Gasteiger partial charge in [0.1, 0.15) is 6.54 Å². The van der Waals surface area contributed by atoms with Crippen molar-refractivity contribution in [2.75, 3.05) is 33.8 Å². The van der Waals surface area contributed by atoms with Gasteiger partial charge in [0.25, 0.3) is 0 Å². The molecule has 1 fully saturated rings. The number of amides is 1. The van der Waals surface area contributed by atoms with Crippen LogP contribution in [0.2, 0.25) is 0 Å². The number of hydrogen-bond acceptors (Lipinski definition) is 3. The molecule has 30 heavy (non-hydrogen) atoms. The van der Waals surface area contributed by atoms with Crippen LogP contribution < -0.4 is 10.6 Å². The van der Waals surface area contributed by atoms with E-state index in [9.17, 15) is 18.0 Å². The smallest absolute Gasteiger partial charge is 0.376 e. The van der Waals surface area contributed by atoms with Crippen molar-refractivity contribution in [1.29, 1.82) is 0 Å². The van der Waals surface area contributed by atoms with Gasteiger partial charge in [-0.15, -0.1) is 0 Å². The van der Waals surface area contributed by atoms with Crippen LogP contribution in [0.3, 0.4) is 0 Å². The van der Waals surface area contributed by atoms with Gasteiger partial charge in [-0.3, -0.25) is 4.79 Å². The SMILES string of the molecule is CC(NC(=NCC(=O)N(C)C)NCC1CCCO1)C(C)c1ccccc1C(F)(F)F. The molecule has 9 heteroatoms. The van der Waals surface area contributed by atoms with Crippen LogP contribution >= 0.6 is 0 Å². The number of carbonyl (C=O) groups is 1. The van der Waals surface area contributed by atoms with Gasteiger partial charge in [-0.25, -0.2) is 4.99 Å². The van der Waals surface area contributed by atoms with Crippen LogP contribution in [-0.4, -0.2) is 62.7 Å². The van der Waals surface area contributed by atoms with Crippen LogP contribution in [0, 0.1) is 0 Å². The Bertz CT molecular complexity index is 731. The normalized spacial score (nSPS) is 19.3. The van der Waals surface area contributed by atoms with Crippen molar-refractivity contribution in [3.05, 3.63) is 35.4 Å². The fraction of sp³-hybridized carbons (Fsp3) is 0.619. The van der Waals surface area contributed by atoms with E-state index in [1.165, 1.54) is 17.0 Å². The summed E-state index contributed by atoms with van der Waals surface area (Å²) in [5.41, 5.74) is -0.424. The van der Waals surface area contributed by atoms with Crippen LogP contribution in [0.15, 0.2) is 29.3 Å². The maximum Gasteiger partial charge on any atom is 0.416 e. The van der Waals surface area contributed by atoms with E-state index < -0.39 is 17.7 Å². The molecule has 0 saturated carbocycles. The molecule has 0 bridgehead atoms. The molecule has 2 rings (SSSR count). The number of aliphatic imine (C=N–C) groups is 1. The molecule has 3 atom stereocenters. The maximum absolute atomic E-state index is 13.4. The zero-order chi connectivity index (χ0) is 22.3. The van der Waals surface area contributed by atoms with Crippen molar-refractivity contribution < 1.29 is 22.7 Å². The topological polar surface area (TPSA) is 66.0 Å². The molecule has 2 N–H and O–H groups in total. The zero-order valence-electron chi connectivity index (χ0n) is 17.9. The number of alkyl halides is 3. The lowest BCUT2D eigenvalue weighted by molar-refractivity contribution is -0.138. The Kier molecular flexibility index (Phi) is 8.52. The van der Waals surface area contributed by atoms with Gasteiger partial charge < -0.3 is 20.3 Å². The molecule has 0 radical (unpaired) electrons. The minimum atomic E-state index is -4.42. The van der Waals surface area contributed by atoms with Crippen LogP contribution in [0.1, 0.15) is 43.7 Å². The summed E-state index contributed by atoms with van der Waals surface area (Å²) in [5.74, 6) is -0.233. The molecule has 6 nitrogen and oxygen atoms in total. The lowest BCUT2D eigenvalue weighted by Crippen LogP contribution is -2.47.